The average molecular weight is 370 g/mol. The SMILES string of the molecule is CCNC(c1ccc(Br)s1)c1ccccc1OCCOC. The van der Waals surface area contributed by atoms with Crippen molar-refractivity contribution in [3.8, 4) is 5.75 Å². The largest absolute Gasteiger partial charge is 0.491 e. The molecule has 114 valence electrons. The van der Waals surface area contributed by atoms with Crippen molar-refractivity contribution in [2.75, 3.05) is 26.9 Å². The number of hydrogen-bond donors (Lipinski definition) is 1. The Labute approximate surface area is 138 Å². The minimum Gasteiger partial charge on any atom is -0.491 e. The lowest BCUT2D eigenvalue weighted by molar-refractivity contribution is 0.145. The summed E-state index contributed by atoms with van der Waals surface area (Å²) in [6.07, 6.45) is 0. The van der Waals surface area contributed by atoms with Gasteiger partial charge in [0, 0.05) is 17.6 Å². The topological polar surface area (TPSA) is 30.5 Å². The van der Waals surface area contributed by atoms with E-state index in [9.17, 15) is 0 Å². The highest BCUT2D eigenvalue weighted by Gasteiger charge is 2.18. The molecule has 5 heteroatoms. The summed E-state index contributed by atoms with van der Waals surface area (Å²) < 4.78 is 12.1. The molecule has 1 atom stereocenters. The Bertz CT molecular complexity index is 559. The molecular formula is C16H20BrNO2S. The van der Waals surface area contributed by atoms with Crippen LogP contribution < -0.4 is 10.1 Å². The van der Waals surface area contributed by atoms with Gasteiger partial charge < -0.3 is 14.8 Å². The van der Waals surface area contributed by atoms with Crippen molar-refractivity contribution in [2.24, 2.45) is 0 Å². The fourth-order valence-corrected chi connectivity index (χ4v) is 3.66. The number of rotatable bonds is 8. The van der Waals surface area contributed by atoms with Crippen LogP contribution >= 0.6 is 27.3 Å². The molecule has 1 unspecified atom stereocenters. The fourth-order valence-electron chi connectivity index (χ4n) is 2.14. The van der Waals surface area contributed by atoms with E-state index in [1.54, 1.807) is 18.4 Å². The van der Waals surface area contributed by atoms with Crippen LogP contribution in [0.25, 0.3) is 0 Å². The number of hydrogen-bond acceptors (Lipinski definition) is 4. The number of nitrogens with one attached hydrogen (secondary N) is 1. The van der Waals surface area contributed by atoms with Gasteiger partial charge in [0.2, 0.25) is 0 Å². The third-order valence-corrected chi connectivity index (χ3v) is 4.75. The van der Waals surface area contributed by atoms with Crippen molar-refractivity contribution >= 4 is 27.3 Å². The van der Waals surface area contributed by atoms with Crippen LogP contribution in [0, 0.1) is 0 Å². The first-order valence-electron chi connectivity index (χ1n) is 6.95. The molecule has 1 aromatic carbocycles. The first-order valence-corrected chi connectivity index (χ1v) is 8.56. The molecule has 3 nitrogen and oxygen atoms in total. The molecule has 0 saturated heterocycles. The summed E-state index contributed by atoms with van der Waals surface area (Å²) in [6.45, 7) is 4.15. The van der Waals surface area contributed by atoms with Gasteiger partial charge in [-0.2, -0.15) is 0 Å². The Morgan fingerprint density at radius 3 is 2.67 bits per heavy atom. The van der Waals surface area contributed by atoms with Gasteiger partial charge in [0.05, 0.1) is 16.4 Å². The number of halogens is 1. The summed E-state index contributed by atoms with van der Waals surface area (Å²) in [5.41, 5.74) is 1.16. The number of para-hydroxylation sites is 1. The molecule has 1 heterocycles. The lowest BCUT2D eigenvalue weighted by Gasteiger charge is -2.20. The van der Waals surface area contributed by atoms with Gasteiger partial charge in [-0.05, 0) is 40.7 Å². The van der Waals surface area contributed by atoms with Crippen LogP contribution in [0.4, 0.5) is 0 Å². The number of ether oxygens (including phenoxy) is 2. The standard InChI is InChI=1S/C16H20BrNO2S/c1-3-18-16(14-8-9-15(17)21-14)12-6-4-5-7-13(12)20-11-10-19-2/h4-9,16,18H,3,10-11H2,1-2H3. The van der Waals surface area contributed by atoms with Crippen LogP contribution in [-0.2, 0) is 4.74 Å². The number of methoxy groups -OCH3 is 1. The normalized spacial score (nSPS) is 12.3. The molecule has 21 heavy (non-hydrogen) atoms. The maximum atomic E-state index is 5.86. The summed E-state index contributed by atoms with van der Waals surface area (Å²) in [7, 11) is 1.68. The quantitative estimate of drug-likeness (QED) is 0.706. The third kappa shape index (κ3) is 4.54. The van der Waals surface area contributed by atoms with Crippen LogP contribution in [0.3, 0.4) is 0 Å². The number of thiophene rings is 1. The van der Waals surface area contributed by atoms with E-state index in [0.29, 0.717) is 13.2 Å². The van der Waals surface area contributed by atoms with E-state index in [1.165, 1.54) is 4.88 Å². The van der Waals surface area contributed by atoms with Gasteiger partial charge in [-0.3, -0.25) is 0 Å². The first-order chi connectivity index (χ1) is 10.3. The van der Waals surface area contributed by atoms with Crippen LogP contribution in [0.15, 0.2) is 40.2 Å². The molecule has 0 aliphatic carbocycles. The molecule has 0 saturated carbocycles. The Kier molecular flexibility index (Phi) is 6.70. The fraction of sp³-hybridized carbons (Fsp3) is 0.375. The van der Waals surface area contributed by atoms with E-state index < -0.39 is 0 Å². The molecule has 0 aliphatic heterocycles. The zero-order valence-electron chi connectivity index (χ0n) is 12.3. The highest BCUT2D eigenvalue weighted by Crippen LogP contribution is 2.35. The van der Waals surface area contributed by atoms with Gasteiger partial charge in [0.25, 0.3) is 0 Å². The predicted octanol–water partition coefficient (Wildman–Crippen LogP) is 4.23. The third-order valence-electron chi connectivity index (χ3n) is 3.06. The molecule has 0 fully saturated rings. The molecule has 0 amide bonds. The first kappa shape index (κ1) is 16.5. The molecule has 0 bridgehead atoms. The maximum absolute atomic E-state index is 5.86. The molecule has 0 radical (unpaired) electrons. The summed E-state index contributed by atoms with van der Waals surface area (Å²) in [5.74, 6) is 0.907. The van der Waals surface area contributed by atoms with E-state index in [1.807, 2.05) is 18.2 Å². The minimum atomic E-state index is 0.144. The maximum Gasteiger partial charge on any atom is 0.124 e. The van der Waals surface area contributed by atoms with Gasteiger partial charge in [0.15, 0.2) is 0 Å². The highest BCUT2D eigenvalue weighted by atomic mass is 79.9. The van der Waals surface area contributed by atoms with Crippen LogP contribution in [-0.4, -0.2) is 26.9 Å². The Morgan fingerprint density at radius 2 is 2.00 bits per heavy atom. The van der Waals surface area contributed by atoms with Gasteiger partial charge in [-0.25, -0.2) is 0 Å². The molecule has 0 spiro atoms. The second-order valence-electron chi connectivity index (χ2n) is 4.51. The molecule has 0 aliphatic rings. The molecule has 1 aromatic heterocycles. The van der Waals surface area contributed by atoms with E-state index in [4.69, 9.17) is 9.47 Å². The Hall–Kier alpha value is -0.880. The zero-order valence-corrected chi connectivity index (χ0v) is 14.7. The van der Waals surface area contributed by atoms with Gasteiger partial charge in [-0.15, -0.1) is 11.3 Å². The van der Waals surface area contributed by atoms with Gasteiger partial charge >= 0.3 is 0 Å². The zero-order chi connectivity index (χ0) is 15.1. The lowest BCUT2D eigenvalue weighted by Crippen LogP contribution is -2.22. The van der Waals surface area contributed by atoms with E-state index in [2.05, 4.69) is 46.4 Å². The van der Waals surface area contributed by atoms with Crippen molar-refractivity contribution in [1.82, 2.24) is 5.32 Å². The van der Waals surface area contributed by atoms with E-state index in [0.717, 1.165) is 21.6 Å². The van der Waals surface area contributed by atoms with Crippen molar-refractivity contribution in [2.45, 2.75) is 13.0 Å². The summed E-state index contributed by atoms with van der Waals surface area (Å²) in [4.78, 5) is 1.27. The minimum absolute atomic E-state index is 0.144. The second kappa shape index (κ2) is 8.54. The highest BCUT2D eigenvalue weighted by molar-refractivity contribution is 9.11. The average Bonchev–Trinajstić information content (AvgIpc) is 2.92. The number of benzene rings is 1. The van der Waals surface area contributed by atoms with Crippen LogP contribution in [0.2, 0.25) is 0 Å². The van der Waals surface area contributed by atoms with E-state index in [-0.39, 0.29) is 6.04 Å². The van der Waals surface area contributed by atoms with Crippen LogP contribution in [0.5, 0.6) is 5.75 Å². The molecule has 1 N–H and O–H groups in total. The Morgan fingerprint density at radius 1 is 1.19 bits per heavy atom. The molecule has 2 aromatic rings. The summed E-state index contributed by atoms with van der Waals surface area (Å²) in [6, 6.07) is 12.5. The van der Waals surface area contributed by atoms with Gasteiger partial charge in [-0.1, -0.05) is 25.1 Å². The molecule has 2 rings (SSSR count). The lowest BCUT2D eigenvalue weighted by atomic mass is 10.0. The molecular weight excluding hydrogens is 350 g/mol. The second-order valence-corrected chi connectivity index (χ2v) is 7.01. The summed E-state index contributed by atoms with van der Waals surface area (Å²) in [5, 5.41) is 3.54. The van der Waals surface area contributed by atoms with Crippen molar-refractivity contribution in [3.63, 3.8) is 0 Å². The monoisotopic (exact) mass is 369 g/mol. The van der Waals surface area contributed by atoms with Crippen molar-refractivity contribution < 1.29 is 9.47 Å². The van der Waals surface area contributed by atoms with Crippen LogP contribution in [0.1, 0.15) is 23.4 Å². The summed E-state index contributed by atoms with van der Waals surface area (Å²) >= 11 is 5.28. The van der Waals surface area contributed by atoms with E-state index >= 15 is 0 Å². The Balaban J connectivity index is 2.27. The van der Waals surface area contributed by atoms with Crippen molar-refractivity contribution in [3.05, 3.63) is 50.6 Å². The van der Waals surface area contributed by atoms with Crippen molar-refractivity contribution in [1.29, 1.82) is 0 Å². The smallest absolute Gasteiger partial charge is 0.124 e. The predicted molar refractivity (Wildman–Crippen MR) is 91.4 cm³/mol. The van der Waals surface area contributed by atoms with Gasteiger partial charge in [0.1, 0.15) is 12.4 Å².